The van der Waals surface area contributed by atoms with Gasteiger partial charge >= 0.3 is 0 Å². The summed E-state index contributed by atoms with van der Waals surface area (Å²) in [7, 11) is 1.87. The van der Waals surface area contributed by atoms with Gasteiger partial charge in [0.1, 0.15) is 11.7 Å². The van der Waals surface area contributed by atoms with Gasteiger partial charge in [0.05, 0.1) is 36.8 Å². The number of rotatable bonds is 6. The molecule has 0 aromatic heterocycles. The molecule has 0 saturated carbocycles. The highest BCUT2D eigenvalue weighted by Crippen LogP contribution is 2.38. The topological polar surface area (TPSA) is 52.1 Å². The Morgan fingerprint density at radius 3 is 2.54 bits per heavy atom. The molecule has 2 heterocycles. The number of ether oxygens (including phenoxy) is 1. The fourth-order valence-corrected chi connectivity index (χ4v) is 4.91. The maximum absolute atomic E-state index is 15.6. The highest BCUT2D eigenvalue weighted by Gasteiger charge is 2.36. The van der Waals surface area contributed by atoms with Crippen molar-refractivity contribution < 1.29 is 13.5 Å². The number of nitrogens with zero attached hydrogens (tertiary/aromatic N) is 3. The second-order valence-corrected chi connectivity index (χ2v) is 8.74. The lowest BCUT2D eigenvalue weighted by Crippen LogP contribution is -2.51. The molecule has 0 spiro atoms. The smallest absolute Gasteiger partial charge is 0.213 e. The predicted octanol–water partition coefficient (Wildman–Crippen LogP) is 4.50. The van der Waals surface area contributed by atoms with Gasteiger partial charge in [-0.2, -0.15) is 4.39 Å². The third-order valence-electron chi connectivity index (χ3n) is 6.66. The van der Waals surface area contributed by atoms with Gasteiger partial charge in [0.25, 0.3) is 0 Å². The van der Waals surface area contributed by atoms with Crippen molar-refractivity contribution in [2.24, 2.45) is 10.9 Å². The molecule has 3 aliphatic rings. The van der Waals surface area contributed by atoms with Crippen LogP contribution < -0.4 is 10.6 Å². The monoisotopic (exact) mass is 481 g/mol. The zero-order valence-corrected chi connectivity index (χ0v) is 20.5. The molecule has 35 heavy (non-hydrogen) atoms. The van der Waals surface area contributed by atoms with Crippen molar-refractivity contribution in [3.8, 4) is 0 Å². The average Bonchev–Trinajstić information content (AvgIpc) is 2.87. The summed E-state index contributed by atoms with van der Waals surface area (Å²) in [5.41, 5.74) is 4.36. The van der Waals surface area contributed by atoms with Crippen molar-refractivity contribution in [1.29, 1.82) is 0 Å². The minimum atomic E-state index is -0.416. The Balaban J connectivity index is 1.80. The number of amidine groups is 1. The number of likely N-dealkylation sites (N-methyl/N-ethyl adjacent to an activating group) is 1. The third-order valence-corrected chi connectivity index (χ3v) is 6.66. The Kier molecular flexibility index (Phi) is 7.70. The van der Waals surface area contributed by atoms with E-state index >= 15 is 4.39 Å². The first kappa shape index (κ1) is 24.7. The first-order valence-corrected chi connectivity index (χ1v) is 11.9. The number of benzene rings is 1. The van der Waals surface area contributed by atoms with Crippen LogP contribution in [-0.4, -0.2) is 55.0 Å². The second kappa shape index (κ2) is 10.9. The molecule has 2 unspecified atom stereocenters. The Labute approximate surface area is 206 Å². The molecule has 6 nitrogen and oxygen atoms in total. The molecule has 1 aromatic carbocycles. The van der Waals surface area contributed by atoms with Crippen LogP contribution in [0.25, 0.3) is 5.57 Å². The van der Waals surface area contributed by atoms with E-state index in [1.165, 1.54) is 18.3 Å². The van der Waals surface area contributed by atoms with E-state index in [9.17, 15) is 4.39 Å². The zero-order chi connectivity index (χ0) is 24.9. The Morgan fingerprint density at radius 2 is 1.89 bits per heavy atom. The predicted molar refractivity (Wildman–Crippen MR) is 136 cm³/mol. The normalized spacial score (nSPS) is 23.5. The first-order valence-electron chi connectivity index (χ1n) is 11.9. The number of halogens is 2. The fraction of sp³-hybridized carbons (Fsp3) is 0.370. The van der Waals surface area contributed by atoms with E-state index in [-0.39, 0.29) is 17.8 Å². The van der Waals surface area contributed by atoms with Crippen molar-refractivity contribution in [3.05, 3.63) is 89.8 Å². The average molecular weight is 482 g/mol. The number of nitrogens with one attached hydrogen (secondary N) is 2. The Hall–Kier alpha value is -3.39. The van der Waals surface area contributed by atoms with E-state index in [0.717, 1.165) is 34.1 Å². The van der Waals surface area contributed by atoms with Gasteiger partial charge in [0.2, 0.25) is 5.95 Å². The van der Waals surface area contributed by atoms with Gasteiger partial charge < -0.3 is 25.2 Å². The molecule has 186 valence electrons. The van der Waals surface area contributed by atoms with E-state index in [1.54, 1.807) is 23.2 Å². The quantitative estimate of drug-likeness (QED) is 0.586. The van der Waals surface area contributed by atoms with Crippen LogP contribution in [0, 0.1) is 11.7 Å². The molecule has 2 atom stereocenters. The molecule has 2 aliphatic heterocycles. The van der Waals surface area contributed by atoms with E-state index in [1.807, 2.05) is 20.9 Å². The Bertz CT molecular complexity index is 1100. The van der Waals surface area contributed by atoms with Gasteiger partial charge in [0, 0.05) is 31.8 Å². The number of morpholine rings is 1. The highest BCUT2D eigenvalue weighted by molar-refractivity contribution is 5.89. The lowest BCUT2D eigenvalue weighted by atomic mass is 9.88. The van der Waals surface area contributed by atoms with Gasteiger partial charge in [0.15, 0.2) is 0 Å². The van der Waals surface area contributed by atoms with Crippen molar-refractivity contribution in [2.45, 2.75) is 26.3 Å². The summed E-state index contributed by atoms with van der Waals surface area (Å²) in [5, 5.41) is 6.39. The number of hydrogen-bond donors (Lipinski definition) is 2. The van der Waals surface area contributed by atoms with E-state index in [4.69, 9.17) is 4.74 Å². The van der Waals surface area contributed by atoms with Crippen LogP contribution in [-0.2, 0) is 4.74 Å². The maximum Gasteiger partial charge on any atom is 0.213 e. The second-order valence-electron chi connectivity index (χ2n) is 8.74. The zero-order valence-electron chi connectivity index (χ0n) is 20.5. The lowest BCUT2D eigenvalue weighted by molar-refractivity contribution is 0.0647. The number of aliphatic imine (C=N–C) groups is 1. The van der Waals surface area contributed by atoms with E-state index in [0.29, 0.717) is 32.7 Å². The molecule has 1 aromatic rings. The van der Waals surface area contributed by atoms with Crippen LogP contribution in [0.3, 0.4) is 0 Å². The van der Waals surface area contributed by atoms with Gasteiger partial charge in [-0.15, -0.1) is 0 Å². The molecule has 2 N–H and O–H groups in total. The first-order chi connectivity index (χ1) is 16.9. The molecule has 0 bridgehead atoms. The van der Waals surface area contributed by atoms with Crippen LogP contribution in [0.5, 0.6) is 0 Å². The molecule has 1 saturated heterocycles. The highest BCUT2D eigenvalue weighted by atomic mass is 19.1. The summed E-state index contributed by atoms with van der Waals surface area (Å²) in [6.07, 6.45) is 7.79. The van der Waals surface area contributed by atoms with Crippen molar-refractivity contribution in [1.82, 2.24) is 20.4 Å². The summed E-state index contributed by atoms with van der Waals surface area (Å²) in [6.45, 7) is 10.4. The summed E-state index contributed by atoms with van der Waals surface area (Å²) in [5.74, 6) is -0.0418. The minimum absolute atomic E-state index is 0.134. The summed E-state index contributed by atoms with van der Waals surface area (Å²) in [6, 6.07) is 6.01. The number of allylic oxidation sites excluding steroid dienone is 3. The summed E-state index contributed by atoms with van der Waals surface area (Å²) >= 11 is 0. The standard InChI is InChI=1S/C27H33F2N5O/c1-5-31-24-16-21(8-11-23(24)30-4)26(18(2)20-6-9-22(28)10-7-20)34-19(3)27(32-17-25(34)29)33-12-14-35-15-13-33/h5-7,9-11,16-17,19,21,30-31H,1,8,12-15H2,2-4H3/b26-18+. The third kappa shape index (κ3) is 5.17. The molecule has 1 fully saturated rings. The molecule has 8 heteroatoms. The van der Waals surface area contributed by atoms with E-state index in [2.05, 4.69) is 39.3 Å². The van der Waals surface area contributed by atoms with Crippen molar-refractivity contribution >= 4 is 11.4 Å². The van der Waals surface area contributed by atoms with Gasteiger partial charge in [-0.25, -0.2) is 9.38 Å². The van der Waals surface area contributed by atoms with Crippen LogP contribution in [0.4, 0.5) is 8.78 Å². The molecule has 1 aliphatic carbocycles. The summed E-state index contributed by atoms with van der Waals surface area (Å²) < 4.78 is 34.8. The van der Waals surface area contributed by atoms with Crippen LogP contribution in [0.2, 0.25) is 0 Å². The number of hydrogen-bond acceptors (Lipinski definition) is 6. The Morgan fingerprint density at radius 1 is 1.17 bits per heavy atom. The minimum Gasteiger partial charge on any atom is -0.387 e. The van der Waals surface area contributed by atoms with Crippen LogP contribution >= 0.6 is 0 Å². The summed E-state index contributed by atoms with van der Waals surface area (Å²) in [4.78, 5) is 8.38. The fourth-order valence-electron chi connectivity index (χ4n) is 4.91. The largest absolute Gasteiger partial charge is 0.387 e. The van der Waals surface area contributed by atoms with Gasteiger partial charge in [-0.05, 0) is 55.8 Å². The van der Waals surface area contributed by atoms with Crippen LogP contribution in [0.15, 0.2) is 83.4 Å². The van der Waals surface area contributed by atoms with Gasteiger partial charge in [-0.3, -0.25) is 0 Å². The van der Waals surface area contributed by atoms with E-state index < -0.39 is 5.95 Å². The molecule has 0 amide bonds. The molecular weight excluding hydrogens is 448 g/mol. The SMILES string of the molecule is C=CNC1=CC(/C(=C(/C)c2ccc(F)cc2)N2C(F)=CN=C(N3CCOCC3)C2C)CC=C1NC. The molecular formula is C27H33F2N5O. The van der Waals surface area contributed by atoms with Crippen LogP contribution in [0.1, 0.15) is 25.8 Å². The van der Waals surface area contributed by atoms with Crippen molar-refractivity contribution in [3.63, 3.8) is 0 Å². The maximum atomic E-state index is 15.6. The molecule has 0 radical (unpaired) electrons. The molecule has 4 rings (SSSR count). The lowest BCUT2D eigenvalue weighted by Gasteiger charge is -2.42. The van der Waals surface area contributed by atoms with Crippen molar-refractivity contribution in [2.75, 3.05) is 33.4 Å². The van der Waals surface area contributed by atoms with Gasteiger partial charge in [-0.1, -0.05) is 24.8 Å².